The number of benzene rings is 2. The van der Waals surface area contributed by atoms with E-state index in [0.717, 1.165) is 43.9 Å². The Balaban J connectivity index is 1.75. The van der Waals surface area contributed by atoms with Gasteiger partial charge < -0.3 is 4.90 Å². The molecule has 6 heteroatoms. The molecule has 2 aromatic carbocycles. The Morgan fingerprint density at radius 1 is 0.963 bits per heavy atom. The highest BCUT2D eigenvalue weighted by atomic mass is 32.2. The summed E-state index contributed by atoms with van der Waals surface area (Å²) in [6, 6.07) is 17.2. The smallest absolute Gasteiger partial charge is 0.240 e. The van der Waals surface area contributed by atoms with Crippen molar-refractivity contribution < 1.29 is 8.42 Å². The Labute approximate surface area is 163 Å². The minimum atomic E-state index is -3.52. The molecule has 0 saturated carbocycles. The second-order valence-electron chi connectivity index (χ2n) is 7.06. The molecule has 1 aliphatic rings. The standard InChI is InChI=1S/C21H29N3O2S/c1-3-23-13-15-24(16-14-23)21(19-7-5-4-6-8-19)17-22-27(25,26)20-11-9-18(2)10-12-20/h4-12,21-22H,3,13-17H2,1-2H3/t21-/m1/s1. The van der Waals surface area contributed by atoms with E-state index in [2.05, 4.69) is 33.6 Å². The highest BCUT2D eigenvalue weighted by molar-refractivity contribution is 7.89. The van der Waals surface area contributed by atoms with Crippen molar-refractivity contribution in [3.8, 4) is 0 Å². The molecule has 0 aliphatic carbocycles. The molecular formula is C21H29N3O2S. The van der Waals surface area contributed by atoms with Crippen LogP contribution >= 0.6 is 0 Å². The normalized spacial score (nSPS) is 17.7. The number of sulfonamides is 1. The first-order valence-electron chi connectivity index (χ1n) is 9.57. The van der Waals surface area contributed by atoms with Gasteiger partial charge in [-0.25, -0.2) is 13.1 Å². The average molecular weight is 388 g/mol. The molecule has 0 bridgehead atoms. The Morgan fingerprint density at radius 2 is 1.59 bits per heavy atom. The fourth-order valence-electron chi connectivity index (χ4n) is 3.51. The van der Waals surface area contributed by atoms with Gasteiger partial charge in [-0.2, -0.15) is 0 Å². The van der Waals surface area contributed by atoms with Crippen LogP contribution in [0, 0.1) is 6.92 Å². The number of hydrogen-bond donors (Lipinski definition) is 1. The van der Waals surface area contributed by atoms with Crippen LogP contribution in [0.25, 0.3) is 0 Å². The first-order chi connectivity index (χ1) is 13.0. The minimum absolute atomic E-state index is 0.0328. The van der Waals surface area contributed by atoms with Crippen molar-refractivity contribution >= 4 is 10.0 Å². The minimum Gasteiger partial charge on any atom is -0.301 e. The van der Waals surface area contributed by atoms with Crippen molar-refractivity contribution in [1.29, 1.82) is 0 Å². The number of hydrogen-bond acceptors (Lipinski definition) is 4. The van der Waals surface area contributed by atoms with E-state index in [-0.39, 0.29) is 6.04 Å². The summed E-state index contributed by atoms with van der Waals surface area (Å²) in [6.45, 7) is 9.48. The van der Waals surface area contributed by atoms with Gasteiger partial charge in [-0.05, 0) is 31.2 Å². The molecule has 2 aromatic rings. The number of likely N-dealkylation sites (N-methyl/N-ethyl adjacent to an activating group) is 1. The molecule has 0 unspecified atom stereocenters. The summed E-state index contributed by atoms with van der Waals surface area (Å²) in [5.41, 5.74) is 2.19. The molecule has 1 saturated heterocycles. The maximum Gasteiger partial charge on any atom is 0.240 e. The number of piperazine rings is 1. The zero-order valence-electron chi connectivity index (χ0n) is 16.1. The van der Waals surface area contributed by atoms with Crippen molar-refractivity contribution in [2.24, 2.45) is 0 Å². The van der Waals surface area contributed by atoms with Crippen LogP contribution in [-0.2, 0) is 10.0 Å². The molecule has 1 fully saturated rings. The van der Waals surface area contributed by atoms with E-state index in [1.54, 1.807) is 12.1 Å². The summed E-state index contributed by atoms with van der Waals surface area (Å²) < 4.78 is 28.3. The molecule has 5 nitrogen and oxygen atoms in total. The van der Waals surface area contributed by atoms with Gasteiger partial charge in [-0.15, -0.1) is 0 Å². The molecule has 1 N–H and O–H groups in total. The van der Waals surface area contributed by atoms with Gasteiger partial charge in [0.25, 0.3) is 0 Å². The zero-order valence-corrected chi connectivity index (χ0v) is 17.0. The number of aryl methyl sites for hydroxylation is 1. The van der Waals surface area contributed by atoms with E-state index in [9.17, 15) is 8.42 Å². The average Bonchev–Trinajstić information content (AvgIpc) is 2.70. The lowest BCUT2D eigenvalue weighted by molar-refractivity contribution is 0.100. The van der Waals surface area contributed by atoms with Crippen molar-refractivity contribution in [1.82, 2.24) is 14.5 Å². The van der Waals surface area contributed by atoms with E-state index in [0.29, 0.717) is 11.4 Å². The van der Waals surface area contributed by atoms with Gasteiger partial charge in [0.1, 0.15) is 0 Å². The third kappa shape index (κ3) is 5.17. The Bertz CT molecular complexity index is 814. The highest BCUT2D eigenvalue weighted by Gasteiger charge is 2.26. The van der Waals surface area contributed by atoms with E-state index >= 15 is 0 Å². The molecule has 0 amide bonds. The summed E-state index contributed by atoms with van der Waals surface area (Å²) in [5.74, 6) is 0. The second-order valence-corrected chi connectivity index (χ2v) is 8.83. The van der Waals surface area contributed by atoms with Crippen LogP contribution in [0.5, 0.6) is 0 Å². The van der Waals surface area contributed by atoms with Gasteiger partial charge in [-0.1, -0.05) is 55.0 Å². The third-order valence-electron chi connectivity index (χ3n) is 5.28. The lowest BCUT2D eigenvalue weighted by atomic mass is 10.0. The molecule has 3 rings (SSSR count). The third-order valence-corrected chi connectivity index (χ3v) is 6.72. The first-order valence-corrected chi connectivity index (χ1v) is 11.1. The summed E-state index contributed by atoms with van der Waals surface area (Å²) in [4.78, 5) is 5.13. The number of nitrogens with zero attached hydrogens (tertiary/aromatic N) is 2. The monoisotopic (exact) mass is 387 g/mol. The molecule has 27 heavy (non-hydrogen) atoms. The predicted octanol–water partition coefficient (Wildman–Crippen LogP) is 2.65. The van der Waals surface area contributed by atoms with Crippen LogP contribution in [0.2, 0.25) is 0 Å². The first kappa shape index (κ1) is 20.0. The van der Waals surface area contributed by atoms with Crippen LogP contribution < -0.4 is 4.72 Å². The topological polar surface area (TPSA) is 52.6 Å². The van der Waals surface area contributed by atoms with Crippen LogP contribution in [0.4, 0.5) is 0 Å². The van der Waals surface area contributed by atoms with Gasteiger partial charge in [0.05, 0.1) is 4.90 Å². The summed E-state index contributed by atoms with van der Waals surface area (Å²) in [5, 5.41) is 0. The summed E-state index contributed by atoms with van der Waals surface area (Å²) in [7, 11) is -3.52. The SMILES string of the molecule is CCN1CCN([C@H](CNS(=O)(=O)c2ccc(C)cc2)c2ccccc2)CC1. The molecule has 0 radical (unpaired) electrons. The lowest BCUT2D eigenvalue weighted by Gasteiger charge is -2.39. The summed E-state index contributed by atoms with van der Waals surface area (Å²) >= 11 is 0. The molecule has 1 atom stereocenters. The molecule has 0 aromatic heterocycles. The predicted molar refractivity (Wildman–Crippen MR) is 109 cm³/mol. The van der Waals surface area contributed by atoms with Crippen molar-refractivity contribution in [2.45, 2.75) is 24.8 Å². The molecule has 146 valence electrons. The van der Waals surface area contributed by atoms with Crippen LogP contribution in [-0.4, -0.2) is 57.5 Å². The molecule has 1 heterocycles. The Morgan fingerprint density at radius 3 is 2.19 bits per heavy atom. The number of nitrogens with one attached hydrogen (secondary N) is 1. The largest absolute Gasteiger partial charge is 0.301 e. The van der Waals surface area contributed by atoms with Gasteiger partial charge in [0, 0.05) is 38.8 Å². The van der Waals surface area contributed by atoms with E-state index in [1.165, 1.54) is 0 Å². The Kier molecular flexibility index (Phi) is 6.65. The van der Waals surface area contributed by atoms with Gasteiger partial charge >= 0.3 is 0 Å². The van der Waals surface area contributed by atoms with Crippen LogP contribution in [0.15, 0.2) is 59.5 Å². The molecule has 1 aliphatic heterocycles. The van der Waals surface area contributed by atoms with Crippen molar-refractivity contribution in [3.63, 3.8) is 0 Å². The van der Waals surface area contributed by atoms with Gasteiger partial charge in [-0.3, -0.25) is 4.90 Å². The van der Waals surface area contributed by atoms with Crippen molar-refractivity contribution in [2.75, 3.05) is 39.3 Å². The zero-order chi connectivity index (χ0) is 19.3. The van der Waals surface area contributed by atoms with Crippen LogP contribution in [0.1, 0.15) is 24.1 Å². The maximum atomic E-state index is 12.7. The maximum absolute atomic E-state index is 12.7. The molecule has 0 spiro atoms. The van der Waals surface area contributed by atoms with Gasteiger partial charge in [0.2, 0.25) is 10.0 Å². The quantitative estimate of drug-likeness (QED) is 0.794. The number of rotatable bonds is 7. The van der Waals surface area contributed by atoms with Crippen molar-refractivity contribution in [3.05, 3.63) is 65.7 Å². The summed E-state index contributed by atoms with van der Waals surface area (Å²) in [6.07, 6.45) is 0. The van der Waals surface area contributed by atoms with E-state index < -0.39 is 10.0 Å². The van der Waals surface area contributed by atoms with E-state index in [4.69, 9.17) is 0 Å². The Hall–Kier alpha value is -1.73. The van der Waals surface area contributed by atoms with E-state index in [1.807, 2.05) is 37.3 Å². The van der Waals surface area contributed by atoms with Gasteiger partial charge in [0.15, 0.2) is 0 Å². The van der Waals surface area contributed by atoms with Crippen LogP contribution in [0.3, 0.4) is 0 Å². The molecular weight excluding hydrogens is 358 g/mol. The fourth-order valence-corrected chi connectivity index (χ4v) is 4.55. The highest BCUT2D eigenvalue weighted by Crippen LogP contribution is 2.22. The fraction of sp³-hybridized carbons (Fsp3) is 0.429. The lowest BCUT2D eigenvalue weighted by Crippen LogP contribution is -2.49. The second kappa shape index (κ2) is 8.97.